The van der Waals surface area contributed by atoms with Gasteiger partial charge in [-0.1, -0.05) is 18.2 Å². The van der Waals surface area contributed by atoms with Gasteiger partial charge in [0.1, 0.15) is 0 Å². The normalized spacial score (nSPS) is 12.9. The highest BCUT2D eigenvalue weighted by molar-refractivity contribution is 7.17. The SMILES string of the molecule is Cc1ccsc1C(Cc1csc2ccccc12)NN. The summed E-state index contributed by atoms with van der Waals surface area (Å²) >= 11 is 3.57. The van der Waals surface area contributed by atoms with E-state index in [4.69, 9.17) is 5.84 Å². The molecule has 0 aliphatic heterocycles. The van der Waals surface area contributed by atoms with Gasteiger partial charge in [-0.15, -0.1) is 22.7 Å². The first-order valence-corrected chi connectivity index (χ1v) is 8.00. The third kappa shape index (κ3) is 2.44. The molecule has 1 unspecified atom stereocenters. The van der Waals surface area contributed by atoms with E-state index in [0.29, 0.717) is 0 Å². The summed E-state index contributed by atoms with van der Waals surface area (Å²) in [7, 11) is 0. The maximum absolute atomic E-state index is 5.75. The van der Waals surface area contributed by atoms with Crippen molar-refractivity contribution in [1.29, 1.82) is 0 Å². The molecule has 0 aliphatic rings. The minimum atomic E-state index is 0.193. The second kappa shape index (κ2) is 5.43. The maximum atomic E-state index is 5.75. The molecule has 19 heavy (non-hydrogen) atoms. The summed E-state index contributed by atoms with van der Waals surface area (Å²) in [4.78, 5) is 1.33. The largest absolute Gasteiger partial charge is 0.271 e. The van der Waals surface area contributed by atoms with Crippen LogP contribution in [0.25, 0.3) is 10.1 Å². The Morgan fingerprint density at radius 1 is 1.21 bits per heavy atom. The molecule has 0 radical (unpaired) electrons. The molecule has 2 aromatic heterocycles. The second-order valence-corrected chi connectivity index (χ2v) is 6.51. The third-order valence-corrected chi connectivity index (χ3v) is 5.55. The van der Waals surface area contributed by atoms with Gasteiger partial charge in [-0.05, 0) is 52.8 Å². The lowest BCUT2D eigenvalue weighted by Crippen LogP contribution is -2.29. The summed E-state index contributed by atoms with van der Waals surface area (Å²) in [5.41, 5.74) is 5.65. The molecule has 1 atom stereocenters. The number of hydrogen-bond donors (Lipinski definition) is 2. The molecule has 0 aliphatic carbocycles. The molecule has 4 heteroatoms. The fourth-order valence-electron chi connectivity index (χ4n) is 2.38. The highest BCUT2D eigenvalue weighted by atomic mass is 32.1. The Bertz CT molecular complexity index is 684. The van der Waals surface area contributed by atoms with E-state index in [2.05, 4.69) is 53.4 Å². The first-order valence-electron chi connectivity index (χ1n) is 6.25. The van der Waals surface area contributed by atoms with Crippen LogP contribution in [0.15, 0.2) is 41.1 Å². The van der Waals surface area contributed by atoms with Crippen LogP contribution in [0.4, 0.5) is 0 Å². The Morgan fingerprint density at radius 3 is 2.79 bits per heavy atom. The van der Waals surface area contributed by atoms with Gasteiger partial charge >= 0.3 is 0 Å². The van der Waals surface area contributed by atoms with E-state index >= 15 is 0 Å². The first-order chi connectivity index (χ1) is 9.29. The zero-order valence-electron chi connectivity index (χ0n) is 10.7. The molecule has 3 N–H and O–H groups in total. The molecule has 0 saturated carbocycles. The lowest BCUT2D eigenvalue weighted by Gasteiger charge is -2.15. The number of hydrazine groups is 1. The van der Waals surface area contributed by atoms with E-state index in [1.807, 2.05) is 0 Å². The lowest BCUT2D eigenvalue weighted by atomic mass is 10.0. The van der Waals surface area contributed by atoms with Crippen LogP contribution in [0, 0.1) is 6.92 Å². The summed E-state index contributed by atoms with van der Waals surface area (Å²) in [6.45, 7) is 2.14. The van der Waals surface area contributed by atoms with Gasteiger partial charge < -0.3 is 0 Å². The van der Waals surface area contributed by atoms with Crippen LogP contribution in [0.1, 0.15) is 22.0 Å². The minimum absolute atomic E-state index is 0.193. The number of rotatable bonds is 4. The zero-order valence-corrected chi connectivity index (χ0v) is 12.4. The Balaban J connectivity index is 1.93. The predicted octanol–water partition coefficient (Wildman–Crippen LogP) is 4.02. The first kappa shape index (κ1) is 12.8. The minimum Gasteiger partial charge on any atom is -0.271 e. The van der Waals surface area contributed by atoms with E-state index in [1.165, 1.54) is 26.1 Å². The van der Waals surface area contributed by atoms with E-state index in [0.717, 1.165) is 6.42 Å². The molecule has 0 amide bonds. The van der Waals surface area contributed by atoms with Crippen molar-refractivity contribution in [3.63, 3.8) is 0 Å². The van der Waals surface area contributed by atoms with Gasteiger partial charge in [0.15, 0.2) is 0 Å². The summed E-state index contributed by atoms with van der Waals surface area (Å²) < 4.78 is 1.34. The molecule has 2 heterocycles. The quantitative estimate of drug-likeness (QED) is 0.562. The van der Waals surface area contributed by atoms with Crippen LogP contribution in [0.2, 0.25) is 0 Å². The molecule has 0 fully saturated rings. The second-order valence-electron chi connectivity index (χ2n) is 4.65. The topological polar surface area (TPSA) is 38.0 Å². The molecular weight excluding hydrogens is 272 g/mol. The summed E-state index contributed by atoms with van der Waals surface area (Å²) in [5.74, 6) is 5.75. The molecule has 2 nitrogen and oxygen atoms in total. The highest BCUT2D eigenvalue weighted by Gasteiger charge is 2.16. The smallest absolute Gasteiger partial charge is 0.0596 e. The zero-order chi connectivity index (χ0) is 13.2. The van der Waals surface area contributed by atoms with Crippen LogP contribution >= 0.6 is 22.7 Å². The summed E-state index contributed by atoms with van der Waals surface area (Å²) in [5, 5.41) is 5.72. The van der Waals surface area contributed by atoms with Crippen molar-refractivity contribution in [1.82, 2.24) is 5.43 Å². The number of aryl methyl sites for hydroxylation is 1. The molecule has 0 saturated heterocycles. The van der Waals surface area contributed by atoms with Crippen molar-refractivity contribution in [2.75, 3.05) is 0 Å². The van der Waals surface area contributed by atoms with Gasteiger partial charge in [-0.3, -0.25) is 11.3 Å². The van der Waals surface area contributed by atoms with E-state index in [1.54, 1.807) is 22.7 Å². The molecular formula is C15H16N2S2. The van der Waals surface area contributed by atoms with Crippen LogP contribution in [-0.2, 0) is 6.42 Å². The standard InChI is InChI=1S/C15H16N2S2/c1-10-6-7-18-15(10)13(17-16)8-11-9-19-14-5-3-2-4-12(11)14/h2-7,9,13,17H,8,16H2,1H3. The van der Waals surface area contributed by atoms with Crippen molar-refractivity contribution in [2.24, 2.45) is 5.84 Å². The fourth-order valence-corrected chi connectivity index (χ4v) is 4.34. The molecule has 3 rings (SSSR count). The lowest BCUT2D eigenvalue weighted by molar-refractivity contribution is 0.560. The highest BCUT2D eigenvalue weighted by Crippen LogP contribution is 2.31. The van der Waals surface area contributed by atoms with Gasteiger partial charge in [-0.2, -0.15) is 0 Å². The summed E-state index contributed by atoms with van der Waals surface area (Å²) in [6.07, 6.45) is 0.932. The Labute approximate surface area is 120 Å². The third-order valence-electron chi connectivity index (χ3n) is 3.40. The van der Waals surface area contributed by atoms with Crippen molar-refractivity contribution < 1.29 is 0 Å². The molecule has 3 aromatic rings. The number of nitrogens with one attached hydrogen (secondary N) is 1. The van der Waals surface area contributed by atoms with Gasteiger partial charge in [0.25, 0.3) is 0 Å². The Kier molecular flexibility index (Phi) is 3.66. The van der Waals surface area contributed by atoms with Crippen LogP contribution in [0.5, 0.6) is 0 Å². The average molecular weight is 288 g/mol. The number of hydrogen-bond acceptors (Lipinski definition) is 4. The van der Waals surface area contributed by atoms with Crippen LogP contribution < -0.4 is 11.3 Å². The van der Waals surface area contributed by atoms with Crippen molar-refractivity contribution in [3.05, 3.63) is 57.1 Å². The van der Waals surface area contributed by atoms with Gasteiger partial charge in [0.05, 0.1) is 6.04 Å². The van der Waals surface area contributed by atoms with Crippen LogP contribution in [0.3, 0.4) is 0 Å². The van der Waals surface area contributed by atoms with Gasteiger partial charge in [0.2, 0.25) is 0 Å². The van der Waals surface area contributed by atoms with E-state index in [-0.39, 0.29) is 6.04 Å². The van der Waals surface area contributed by atoms with Crippen molar-refractivity contribution in [3.8, 4) is 0 Å². The average Bonchev–Trinajstić information content (AvgIpc) is 3.03. The molecule has 0 spiro atoms. The molecule has 0 bridgehead atoms. The maximum Gasteiger partial charge on any atom is 0.0596 e. The number of thiophene rings is 2. The van der Waals surface area contributed by atoms with Crippen LogP contribution in [-0.4, -0.2) is 0 Å². The van der Waals surface area contributed by atoms with Gasteiger partial charge in [-0.25, -0.2) is 0 Å². The van der Waals surface area contributed by atoms with E-state index in [9.17, 15) is 0 Å². The fraction of sp³-hybridized carbons (Fsp3) is 0.200. The van der Waals surface area contributed by atoms with Crippen molar-refractivity contribution in [2.45, 2.75) is 19.4 Å². The number of fused-ring (bicyclic) bond motifs is 1. The monoisotopic (exact) mass is 288 g/mol. The van der Waals surface area contributed by atoms with Crippen molar-refractivity contribution >= 4 is 32.8 Å². The Hall–Kier alpha value is -1.20. The molecule has 1 aromatic carbocycles. The predicted molar refractivity (Wildman–Crippen MR) is 84.6 cm³/mol. The Morgan fingerprint density at radius 2 is 2.05 bits per heavy atom. The molecule has 98 valence electrons. The van der Waals surface area contributed by atoms with Gasteiger partial charge in [0, 0.05) is 9.58 Å². The number of nitrogens with two attached hydrogens (primary N) is 1. The number of benzene rings is 1. The summed E-state index contributed by atoms with van der Waals surface area (Å²) in [6, 6.07) is 10.9. The van der Waals surface area contributed by atoms with E-state index < -0.39 is 0 Å².